The first-order chi connectivity index (χ1) is 7.18. The topological polar surface area (TPSA) is 48.1 Å². The minimum atomic E-state index is -2.86. The number of aromatic nitrogens is 1. The molecule has 2 N–H and O–H groups in total. The lowest BCUT2D eigenvalue weighted by molar-refractivity contribution is -0.0490. The molecule has 3 nitrogen and oxygen atoms in total. The first kappa shape index (κ1) is 9.64. The predicted molar refractivity (Wildman–Crippen MR) is 52.8 cm³/mol. The molecule has 0 amide bonds. The van der Waals surface area contributed by atoms with Crippen molar-refractivity contribution >= 4 is 16.6 Å². The number of hydrogen-bond donors (Lipinski definition) is 1. The molecule has 5 heteroatoms. The van der Waals surface area contributed by atoms with Crippen LogP contribution in [-0.2, 0) is 0 Å². The molecular formula is C10H8F2N2O. The van der Waals surface area contributed by atoms with Crippen LogP contribution in [-0.4, -0.2) is 11.6 Å². The minimum absolute atomic E-state index is 0.0369. The fourth-order valence-electron chi connectivity index (χ4n) is 1.38. The highest BCUT2D eigenvalue weighted by atomic mass is 19.3. The molecule has 0 bridgehead atoms. The van der Waals surface area contributed by atoms with E-state index in [9.17, 15) is 8.78 Å². The number of rotatable bonds is 2. The SMILES string of the molecule is Nc1ncc(OC(F)F)c2ccccc12. The monoisotopic (exact) mass is 210 g/mol. The van der Waals surface area contributed by atoms with Gasteiger partial charge in [-0.25, -0.2) is 4.98 Å². The Balaban J connectivity index is 2.61. The maximum Gasteiger partial charge on any atom is 0.387 e. The molecule has 15 heavy (non-hydrogen) atoms. The zero-order valence-corrected chi connectivity index (χ0v) is 7.65. The lowest BCUT2D eigenvalue weighted by atomic mass is 10.1. The van der Waals surface area contributed by atoms with Crippen LogP contribution in [0.5, 0.6) is 5.75 Å². The average Bonchev–Trinajstić information content (AvgIpc) is 2.22. The van der Waals surface area contributed by atoms with E-state index in [2.05, 4.69) is 9.72 Å². The van der Waals surface area contributed by atoms with E-state index in [-0.39, 0.29) is 5.75 Å². The zero-order chi connectivity index (χ0) is 10.8. The first-order valence-electron chi connectivity index (χ1n) is 4.26. The standard InChI is InChI=1S/C10H8F2N2O/c11-10(12)15-8-5-14-9(13)7-4-2-1-3-6(7)8/h1-5,10H,(H2,13,14). The van der Waals surface area contributed by atoms with Crippen LogP contribution < -0.4 is 10.5 Å². The molecule has 1 aromatic carbocycles. The van der Waals surface area contributed by atoms with Crippen LogP contribution in [0.15, 0.2) is 30.5 Å². The summed E-state index contributed by atoms with van der Waals surface area (Å²) in [7, 11) is 0. The molecule has 0 atom stereocenters. The van der Waals surface area contributed by atoms with E-state index < -0.39 is 6.61 Å². The molecule has 0 aliphatic rings. The van der Waals surface area contributed by atoms with Crippen LogP contribution in [0.1, 0.15) is 0 Å². The summed E-state index contributed by atoms with van der Waals surface area (Å²) >= 11 is 0. The van der Waals surface area contributed by atoms with Gasteiger partial charge in [0.05, 0.1) is 6.20 Å². The van der Waals surface area contributed by atoms with Gasteiger partial charge in [-0.2, -0.15) is 8.78 Å². The van der Waals surface area contributed by atoms with Gasteiger partial charge in [0.1, 0.15) is 5.82 Å². The van der Waals surface area contributed by atoms with E-state index >= 15 is 0 Å². The highest BCUT2D eigenvalue weighted by Gasteiger charge is 2.10. The normalized spacial score (nSPS) is 10.9. The molecule has 78 valence electrons. The van der Waals surface area contributed by atoms with Gasteiger partial charge in [0.25, 0.3) is 0 Å². The van der Waals surface area contributed by atoms with Crippen LogP contribution in [0.4, 0.5) is 14.6 Å². The van der Waals surface area contributed by atoms with Gasteiger partial charge in [0, 0.05) is 10.8 Å². The maximum absolute atomic E-state index is 12.1. The van der Waals surface area contributed by atoms with Crippen molar-refractivity contribution in [2.75, 3.05) is 5.73 Å². The van der Waals surface area contributed by atoms with Crippen LogP contribution in [0.25, 0.3) is 10.8 Å². The molecule has 0 fully saturated rings. The van der Waals surface area contributed by atoms with Gasteiger partial charge in [-0.3, -0.25) is 0 Å². The highest BCUT2D eigenvalue weighted by molar-refractivity contribution is 5.94. The van der Waals surface area contributed by atoms with Gasteiger partial charge in [0.15, 0.2) is 5.75 Å². The third-order valence-corrected chi connectivity index (χ3v) is 2.01. The van der Waals surface area contributed by atoms with Gasteiger partial charge in [-0.1, -0.05) is 24.3 Å². The molecular weight excluding hydrogens is 202 g/mol. The Hall–Kier alpha value is -1.91. The van der Waals surface area contributed by atoms with Gasteiger partial charge in [-0.05, 0) is 0 Å². The second-order valence-corrected chi connectivity index (χ2v) is 2.93. The number of pyridine rings is 1. The zero-order valence-electron chi connectivity index (χ0n) is 7.65. The van der Waals surface area contributed by atoms with Crippen molar-refractivity contribution in [3.05, 3.63) is 30.5 Å². The molecule has 0 aliphatic heterocycles. The number of anilines is 1. The van der Waals surface area contributed by atoms with Crippen LogP contribution in [0, 0.1) is 0 Å². The quantitative estimate of drug-likeness (QED) is 0.827. The number of fused-ring (bicyclic) bond motifs is 1. The van der Waals surface area contributed by atoms with Crippen molar-refractivity contribution in [3.8, 4) is 5.75 Å². The summed E-state index contributed by atoms with van der Waals surface area (Å²) in [6, 6.07) is 6.84. The molecule has 2 aromatic rings. The maximum atomic E-state index is 12.1. The molecule has 2 rings (SSSR count). The van der Waals surface area contributed by atoms with Crippen LogP contribution in [0.2, 0.25) is 0 Å². The molecule has 1 heterocycles. The molecule has 0 saturated carbocycles. The summed E-state index contributed by atoms with van der Waals surface area (Å²) in [5.74, 6) is 0.335. The van der Waals surface area contributed by atoms with Crippen molar-refractivity contribution in [2.24, 2.45) is 0 Å². The predicted octanol–water partition coefficient (Wildman–Crippen LogP) is 2.42. The second kappa shape index (κ2) is 3.68. The number of alkyl halides is 2. The minimum Gasteiger partial charge on any atom is -0.433 e. The summed E-state index contributed by atoms with van der Waals surface area (Å²) in [6.45, 7) is -2.86. The number of nitrogen functional groups attached to an aromatic ring is 1. The number of halogens is 2. The third-order valence-electron chi connectivity index (χ3n) is 2.01. The van der Waals surface area contributed by atoms with E-state index in [1.165, 1.54) is 6.20 Å². The first-order valence-corrected chi connectivity index (χ1v) is 4.26. The fraction of sp³-hybridized carbons (Fsp3) is 0.100. The lowest BCUT2D eigenvalue weighted by Crippen LogP contribution is -2.03. The number of benzene rings is 1. The molecule has 0 aliphatic carbocycles. The second-order valence-electron chi connectivity index (χ2n) is 2.93. The number of hydrogen-bond acceptors (Lipinski definition) is 3. The summed E-state index contributed by atoms with van der Waals surface area (Å²) in [4.78, 5) is 3.78. The van der Waals surface area contributed by atoms with Crippen LogP contribution in [0.3, 0.4) is 0 Å². The Bertz CT molecular complexity index is 488. The number of ether oxygens (including phenoxy) is 1. The summed E-state index contributed by atoms with van der Waals surface area (Å²) in [6.07, 6.45) is 1.20. The van der Waals surface area contributed by atoms with E-state index in [0.29, 0.717) is 16.6 Å². The molecule has 0 spiro atoms. The Labute approximate surface area is 84.5 Å². The van der Waals surface area contributed by atoms with E-state index in [1.807, 2.05) is 0 Å². The molecule has 0 saturated heterocycles. The smallest absolute Gasteiger partial charge is 0.387 e. The van der Waals surface area contributed by atoms with Crippen molar-refractivity contribution < 1.29 is 13.5 Å². The van der Waals surface area contributed by atoms with Crippen molar-refractivity contribution in [1.82, 2.24) is 4.98 Å². The highest BCUT2D eigenvalue weighted by Crippen LogP contribution is 2.28. The van der Waals surface area contributed by atoms with E-state index in [0.717, 1.165) is 0 Å². The van der Waals surface area contributed by atoms with Gasteiger partial charge >= 0.3 is 6.61 Å². The Morgan fingerprint density at radius 1 is 1.20 bits per heavy atom. The summed E-state index contributed by atoms with van der Waals surface area (Å²) < 4.78 is 28.5. The average molecular weight is 210 g/mol. The molecule has 1 aromatic heterocycles. The van der Waals surface area contributed by atoms with E-state index in [4.69, 9.17) is 5.73 Å². The largest absolute Gasteiger partial charge is 0.433 e. The lowest BCUT2D eigenvalue weighted by Gasteiger charge is -2.08. The summed E-state index contributed by atoms with van der Waals surface area (Å²) in [5.41, 5.74) is 5.60. The Morgan fingerprint density at radius 2 is 1.87 bits per heavy atom. The Morgan fingerprint density at radius 3 is 2.53 bits per heavy atom. The molecule has 0 radical (unpaired) electrons. The fourth-order valence-corrected chi connectivity index (χ4v) is 1.38. The number of nitrogens with zero attached hydrogens (tertiary/aromatic N) is 1. The Kier molecular flexibility index (Phi) is 2.37. The van der Waals surface area contributed by atoms with E-state index in [1.54, 1.807) is 24.3 Å². The van der Waals surface area contributed by atoms with Crippen LogP contribution >= 0.6 is 0 Å². The van der Waals surface area contributed by atoms with Gasteiger partial charge < -0.3 is 10.5 Å². The third kappa shape index (κ3) is 1.81. The van der Waals surface area contributed by atoms with Gasteiger partial charge in [-0.15, -0.1) is 0 Å². The number of nitrogens with two attached hydrogens (primary N) is 1. The van der Waals surface area contributed by atoms with Crippen molar-refractivity contribution in [2.45, 2.75) is 6.61 Å². The van der Waals surface area contributed by atoms with Crippen molar-refractivity contribution in [1.29, 1.82) is 0 Å². The molecule has 0 unspecified atom stereocenters. The summed E-state index contributed by atoms with van der Waals surface area (Å²) in [5, 5.41) is 1.14. The van der Waals surface area contributed by atoms with Gasteiger partial charge in [0.2, 0.25) is 0 Å². The van der Waals surface area contributed by atoms with Crippen molar-refractivity contribution in [3.63, 3.8) is 0 Å².